The number of piperidine rings is 1. The largest absolute Gasteiger partial charge is 0.385 e. The Morgan fingerprint density at radius 3 is 2.29 bits per heavy atom. The molecule has 0 aromatic heterocycles. The minimum Gasteiger partial charge on any atom is -0.385 e. The number of hydrogen-bond donors (Lipinski definition) is 1. The molecule has 5 heteroatoms. The fourth-order valence-corrected chi connectivity index (χ4v) is 3.91. The number of likely N-dealkylation sites (tertiary alicyclic amines) is 1. The van der Waals surface area contributed by atoms with Crippen LogP contribution in [0.5, 0.6) is 0 Å². The Balaban J connectivity index is 1.89. The van der Waals surface area contributed by atoms with Gasteiger partial charge in [-0.25, -0.2) is 0 Å². The van der Waals surface area contributed by atoms with Crippen molar-refractivity contribution in [1.29, 1.82) is 0 Å². The minimum absolute atomic E-state index is 0.0379. The van der Waals surface area contributed by atoms with Crippen LogP contribution >= 0.6 is 0 Å². The first-order valence-corrected chi connectivity index (χ1v) is 9.16. The molecule has 2 amide bonds. The van der Waals surface area contributed by atoms with Crippen molar-refractivity contribution in [3.05, 3.63) is 0 Å². The maximum Gasteiger partial charge on any atom is 0.245 e. The zero-order valence-electron chi connectivity index (χ0n) is 16.1. The van der Waals surface area contributed by atoms with Crippen molar-refractivity contribution < 1.29 is 14.3 Å². The van der Waals surface area contributed by atoms with E-state index in [0.717, 1.165) is 25.9 Å². The summed E-state index contributed by atoms with van der Waals surface area (Å²) in [6.07, 6.45) is 2.09. The molecule has 1 N–H and O–H groups in total. The van der Waals surface area contributed by atoms with Crippen LogP contribution in [0.25, 0.3) is 0 Å². The molecular formula is C19H34N2O3. The summed E-state index contributed by atoms with van der Waals surface area (Å²) in [5.74, 6) is 1.30. The standard InChI is InChI=1S/C19H34N2O3/c1-18(2,3)16(20-15(22)9-7-8-10-24-6)17(23)21-11-13-14(12-21)19(13,4)5/h13-14,16H,7-12H2,1-6H3,(H,20,22)/t13-,14+,16-/m1/s1. The van der Waals surface area contributed by atoms with Gasteiger partial charge in [0.05, 0.1) is 0 Å². The molecule has 2 fully saturated rings. The number of methoxy groups -OCH3 is 1. The van der Waals surface area contributed by atoms with E-state index in [4.69, 9.17) is 4.74 Å². The lowest BCUT2D eigenvalue weighted by atomic mass is 9.85. The van der Waals surface area contributed by atoms with Gasteiger partial charge in [0.25, 0.3) is 0 Å². The second-order valence-electron chi connectivity index (χ2n) is 9.09. The van der Waals surface area contributed by atoms with E-state index in [1.165, 1.54) is 0 Å². The van der Waals surface area contributed by atoms with Crippen molar-refractivity contribution in [3.63, 3.8) is 0 Å². The highest BCUT2D eigenvalue weighted by atomic mass is 16.5. The number of fused-ring (bicyclic) bond motifs is 1. The number of nitrogens with one attached hydrogen (secondary N) is 1. The zero-order chi connectivity index (χ0) is 18.1. The van der Waals surface area contributed by atoms with Gasteiger partial charge >= 0.3 is 0 Å². The van der Waals surface area contributed by atoms with Crippen LogP contribution in [0.3, 0.4) is 0 Å². The molecule has 1 saturated heterocycles. The normalized spacial score (nSPS) is 26.0. The van der Waals surface area contributed by atoms with Crippen LogP contribution in [0.1, 0.15) is 53.9 Å². The van der Waals surface area contributed by atoms with Gasteiger partial charge in [-0.1, -0.05) is 34.6 Å². The van der Waals surface area contributed by atoms with Gasteiger partial charge in [0, 0.05) is 33.2 Å². The molecule has 1 aliphatic carbocycles. The highest BCUT2D eigenvalue weighted by Gasteiger charge is 2.63. The molecule has 0 aromatic carbocycles. The fraction of sp³-hybridized carbons (Fsp3) is 0.895. The van der Waals surface area contributed by atoms with Crippen molar-refractivity contribution >= 4 is 11.8 Å². The average Bonchev–Trinajstić information content (AvgIpc) is 2.87. The molecule has 1 aliphatic heterocycles. The van der Waals surface area contributed by atoms with Gasteiger partial charge in [-0.2, -0.15) is 0 Å². The van der Waals surface area contributed by atoms with Gasteiger partial charge in [0.1, 0.15) is 6.04 Å². The topological polar surface area (TPSA) is 58.6 Å². The second-order valence-corrected chi connectivity index (χ2v) is 9.09. The lowest BCUT2D eigenvalue weighted by Gasteiger charge is -2.34. The van der Waals surface area contributed by atoms with Crippen LogP contribution in [0.15, 0.2) is 0 Å². The number of carbonyl (C=O) groups is 2. The summed E-state index contributed by atoms with van der Waals surface area (Å²) in [4.78, 5) is 27.2. The summed E-state index contributed by atoms with van der Waals surface area (Å²) in [5, 5.41) is 2.99. The summed E-state index contributed by atoms with van der Waals surface area (Å²) in [5.41, 5.74) is 0.0974. The lowest BCUT2D eigenvalue weighted by Crippen LogP contribution is -2.54. The Labute approximate surface area is 146 Å². The highest BCUT2D eigenvalue weighted by Crippen LogP contribution is 2.62. The maximum atomic E-state index is 13.0. The maximum absolute atomic E-state index is 13.0. The summed E-state index contributed by atoms with van der Waals surface area (Å²) < 4.78 is 5.00. The van der Waals surface area contributed by atoms with E-state index >= 15 is 0 Å². The molecule has 138 valence electrons. The third-order valence-corrected chi connectivity index (χ3v) is 5.85. The SMILES string of the molecule is COCCCCC(=O)N[C@H](C(=O)N1C[C@@H]2[C@H](C1)C2(C)C)C(C)(C)C. The van der Waals surface area contributed by atoms with E-state index in [2.05, 4.69) is 19.2 Å². The monoisotopic (exact) mass is 338 g/mol. The van der Waals surface area contributed by atoms with E-state index in [9.17, 15) is 9.59 Å². The predicted octanol–water partition coefficient (Wildman–Crippen LogP) is 2.45. The first kappa shape index (κ1) is 19.2. The Morgan fingerprint density at radius 2 is 1.79 bits per heavy atom. The van der Waals surface area contributed by atoms with E-state index in [0.29, 0.717) is 30.3 Å². The van der Waals surface area contributed by atoms with Crippen LogP contribution in [-0.2, 0) is 14.3 Å². The average molecular weight is 338 g/mol. The summed E-state index contributed by atoms with van der Waals surface area (Å²) in [6, 6.07) is -0.451. The van der Waals surface area contributed by atoms with Crippen molar-refractivity contribution in [2.45, 2.75) is 59.9 Å². The molecule has 3 atom stereocenters. The highest BCUT2D eigenvalue weighted by molar-refractivity contribution is 5.88. The lowest BCUT2D eigenvalue weighted by molar-refractivity contribution is -0.139. The predicted molar refractivity (Wildman–Crippen MR) is 94.5 cm³/mol. The first-order chi connectivity index (χ1) is 11.1. The van der Waals surface area contributed by atoms with Gasteiger partial charge in [-0.05, 0) is 35.5 Å². The molecule has 0 spiro atoms. The molecule has 2 rings (SSSR count). The van der Waals surface area contributed by atoms with Crippen LogP contribution in [0.2, 0.25) is 0 Å². The third kappa shape index (κ3) is 4.11. The van der Waals surface area contributed by atoms with Crippen molar-refractivity contribution in [1.82, 2.24) is 10.2 Å². The van der Waals surface area contributed by atoms with Gasteiger partial charge in [-0.15, -0.1) is 0 Å². The van der Waals surface area contributed by atoms with Crippen molar-refractivity contribution in [3.8, 4) is 0 Å². The molecule has 2 aliphatic rings. The smallest absolute Gasteiger partial charge is 0.245 e. The molecule has 0 radical (unpaired) electrons. The minimum atomic E-state index is -0.451. The Kier molecular flexibility index (Phi) is 5.63. The van der Waals surface area contributed by atoms with Gasteiger partial charge in [-0.3, -0.25) is 9.59 Å². The third-order valence-electron chi connectivity index (χ3n) is 5.85. The number of nitrogens with zero attached hydrogens (tertiary/aromatic N) is 1. The molecule has 0 bridgehead atoms. The van der Waals surface area contributed by atoms with E-state index in [-0.39, 0.29) is 17.2 Å². The number of rotatable bonds is 7. The number of hydrogen-bond acceptors (Lipinski definition) is 3. The summed E-state index contributed by atoms with van der Waals surface area (Å²) >= 11 is 0. The van der Waals surface area contributed by atoms with E-state index < -0.39 is 6.04 Å². The van der Waals surface area contributed by atoms with Gasteiger partial charge in [0.2, 0.25) is 11.8 Å². The zero-order valence-corrected chi connectivity index (χ0v) is 16.1. The molecule has 0 aromatic rings. The quantitative estimate of drug-likeness (QED) is 0.726. The number of ether oxygens (including phenoxy) is 1. The van der Waals surface area contributed by atoms with E-state index in [1.54, 1.807) is 7.11 Å². The van der Waals surface area contributed by atoms with Crippen molar-refractivity contribution in [2.24, 2.45) is 22.7 Å². The van der Waals surface area contributed by atoms with Crippen molar-refractivity contribution in [2.75, 3.05) is 26.8 Å². The Morgan fingerprint density at radius 1 is 1.21 bits per heavy atom. The Bertz CT molecular complexity index is 467. The molecular weight excluding hydrogens is 304 g/mol. The van der Waals surface area contributed by atoms with Crippen LogP contribution in [0, 0.1) is 22.7 Å². The van der Waals surface area contributed by atoms with Gasteiger partial charge in [0.15, 0.2) is 0 Å². The molecule has 0 unspecified atom stereocenters. The molecule has 5 nitrogen and oxygen atoms in total. The number of carbonyl (C=O) groups excluding carboxylic acids is 2. The molecule has 1 heterocycles. The van der Waals surface area contributed by atoms with Crippen LogP contribution < -0.4 is 5.32 Å². The van der Waals surface area contributed by atoms with Crippen LogP contribution in [0.4, 0.5) is 0 Å². The van der Waals surface area contributed by atoms with Crippen LogP contribution in [-0.4, -0.2) is 49.6 Å². The first-order valence-electron chi connectivity index (χ1n) is 9.16. The number of unbranched alkanes of at least 4 members (excludes halogenated alkanes) is 1. The molecule has 1 saturated carbocycles. The molecule has 24 heavy (non-hydrogen) atoms. The Hall–Kier alpha value is -1.10. The second kappa shape index (κ2) is 7.03. The van der Waals surface area contributed by atoms with Gasteiger partial charge < -0.3 is 15.0 Å². The summed E-state index contributed by atoms with van der Waals surface area (Å²) in [7, 11) is 1.66. The number of amides is 2. The fourth-order valence-electron chi connectivity index (χ4n) is 3.91. The summed E-state index contributed by atoms with van der Waals surface area (Å²) in [6.45, 7) is 13.0. The van der Waals surface area contributed by atoms with E-state index in [1.807, 2.05) is 25.7 Å².